The van der Waals surface area contributed by atoms with E-state index in [-0.39, 0.29) is 17.0 Å². The van der Waals surface area contributed by atoms with Gasteiger partial charge in [0.25, 0.3) is 11.5 Å². The highest BCUT2D eigenvalue weighted by atomic mass is 16.5. The average molecular weight is 392 g/mol. The van der Waals surface area contributed by atoms with E-state index in [0.29, 0.717) is 18.7 Å². The zero-order chi connectivity index (χ0) is 20.1. The fraction of sp³-hybridized carbons (Fsp3) is 0.318. The molecule has 1 N–H and O–H groups in total. The number of aromatic nitrogens is 2. The largest absolute Gasteiger partial charge is 0.379 e. The fourth-order valence-electron chi connectivity index (χ4n) is 3.53. The van der Waals surface area contributed by atoms with E-state index >= 15 is 0 Å². The normalized spacial score (nSPS) is 14.8. The Morgan fingerprint density at radius 1 is 1.10 bits per heavy atom. The number of nitrogens with zero attached hydrogens (tertiary/aromatic N) is 3. The molecule has 1 amide bonds. The molecule has 0 radical (unpaired) electrons. The maximum Gasteiger partial charge on any atom is 0.265 e. The van der Waals surface area contributed by atoms with Crippen LogP contribution in [0, 0.1) is 0 Å². The van der Waals surface area contributed by atoms with Gasteiger partial charge in [-0.15, -0.1) is 0 Å². The molecule has 0 unspecified atom stereocenters. The van der Waals surface area contributed by atoms with Crippen LogP contribution in [0.5, 0.6) is 0 Å². The van der Waals surface area contributed by atoms with E-state index in [9.17, 15) is 9.59 Å². The summed E-state index contributed by atoms with van der Waals surface area (Å²) >= 11 is 0. The van der Waals surface area contributed by atoms with Crippen molar-refractivity contribution in [3.63, 3.8) is 0 Å². The summed E-state index contributed by atoms with van der Waals surface area (Å²) in [4.78, 5) is 32.5. The van der Waals surface area contributed by atoms with E-state index in [1.54, 1.807) is 22.9 Å². The minimum Gasteiger partial charge on any atom is -0.379 e. The summed E-state index contributed by atoms with van der Waals surface area (Å²) in [6.07, 6.45) is 1.66. The van der Waals surface area contributed by atoms with Crippen molar-refractivity contribution in [1.82, 2.24) is 19.8 Å². The summed E-state index contributed by atoms with van der Waals surface area (Å²) < 4.78 is 6.91. The lowest BCUT2D eigenvalue weighted by molar-refractivity contribution is 0.0383. The number of fused-ring (bicyclic) bond motifs is 1. The summed E-state index contributed by atoms with van der Waals surface area (Å²) in [6, 6.07) is 15.0. The monoisotopic (exact) mass is 392 g/mol. The standard InChI is InChI=1S/C22H24N4O3/c27-21(24-9-10-25-11-13-29-14-12-25)19-15-18-7-4-8-23-20(18)26(22(19)28)16-17-5-2-1-3-6-17/h1-8,15H,9-14,16H2,(H,24,27). The van der Waals surface area contributed by atoms with Gasteiger partial charge in [-0.3, -0.25) is 19.1 Å². The third kappa shape index (κ3) is 4.52. The lowest BCUT2D eigenvalue weighted by Gasteiger charge is -2.26. The molecule has 1 aromatic carbocycles. The van der Waals surface area contributed by atoms with Crippen molar-refractivity contribution in [2.45, 2.75) is 6.54 Å². The molecule has 7 heteroatoms. The molecule has 0 bridgehead atoms. The quantitative estimate of drug-likeness (QED) is 0.688. The SMILES string of the molecule is O=C(NCCN1CCOCC1)c1cc2cccnc2n(Cc2ccccc2)c1=O. The molecule has 150 valence electrons. The van der Waals surface area contributed by atoms with Gasteiger partial charge in [0.05, 0.1) is 19.8 Å². The molecule has 0 spiro atoms. The maximum atomic E-state index is 13.1. The molecule has 1 fully saturated rings. The first-order chi connectivity index (χ1) is 14.2. The van der Waals surface area contributed by atoms with Gasteiger partial charge in [-0.05, 0) is 23.8 Å². The molecule has 7 nitrogen and oxygen atoms in total. The first-order valence-corrected chi connectivity index (χ1v) is 9.83. The number of rotatable bonds is 6. The predicted octanol–water partition coefficient (Wildman–Crippen LogP) is 1.51. The molecule has 1 saturated heterocycles. The molecular formula is C22H24N4O3. The molecular weight excluding hydrogens is 368 g/mol. The van der Waals surface area contributed by atoms with E-state index in [1.807, 2.05) is 36.4 Å². The molecule has 3 heterocycles. The first kappa shape index (κ1) is 19.3. The van der Waals surface area contributed by atoms with Gasteiger partial charge in [0.1, 0.15) is 11.2 Å². The Balaban J connectivity index is 1.58. The van der Waals surface area contributed by atoms with Gasteiger partial charge in [0.15, 0.2) is 0 Å². The van der Waals surface area contributed by atoms with Crippen molar-refractivity contribution in [2.24, 2.45) is 0 Å². The smallest absolute Gasteiger partial charge is 0.265 e. The van der Waals surface area contributed by atoms with Crippen molar-refractivity contribution in [3.05, 3.63) is 76.2 Å². The van der Waals surface area contributed by atoms with Crippen LogP contribution in [-0.2, 0) is 11.3 Å². The summed E-state index contributed by atoms with van der Waals surface area (Å²) in [6.45, 7) is 4.75. The highest BCUT2D eigenvalue weighted by molar-refractivity contribution is 5.96. The maximum absolute atomic E-state index is 13.1. The van der Waals surface area contributed by atoms with Crippen LogP contribution in [-0.4, -0.2) is 59.8 Å². The summed E-state index contributed by atoms with van der Waals surface area (Å²) in [5.41, 5.74) is 1.37. The van der Waals surface area contributed by atoms with Crippen LogP contribution in [0.2, 0.25) is 0 Å². The zero-order valence-electron chi connectivity index (χ0n) is 16.2. The molecule has 0 saturated carbocycles. The number of carbonyl (C=O) groups is 1. The van der Waals surface area contributed by atoms with Gasteiger partial charge < -0.3 is 10.1 Å². The topological polar surface area (TPSA) is 76.5 Å². The number of amides is 1. The second-order valence-corrected chi connectivity index (χ2v) is 7.06. The van der Waals surface area contributed by atoms with Crippen molar-refractivity contribution in [2.75, 3.05) is 39.4 Å². The molecule has 4 rings (SSSR count). The Labute approximate surface area is 168 Å². The van der Waals surface area contributed by atoms with Crippen LogP contribution in [0.15, 0.2) is 59.5 Å². The Bertz CT molecular complexity index is 1040. The van der Waals surface area contributed by atoms with Crippen molar-refractivity contribution >= 4 is 16.9 Å². The van der Waals surface area contributed by atoms with Crippen molar-refractivity contribution in [3.8, 4) is 0 Å². The van der Waals surface area contributed by atoms with Crippen LogP contribution >= 0.6 is 0 Å². The highest BCUT2D eigenvalue weighted by Gasteiger charge is 2.17. The number of carbonyl (C=O) groups excluding carboxylic acids is 1. The van der Waals surface area contributed by atoms with E-state index < -0.39 is 0 Å². The Hall–Kier alpha value is -3.03. The summed E-state index contributed by atoms with van der Waals surface area (Å²) in [5.74, 6) is -0.351. The molecule has 2 aromatic heterocycles. The lowest BCUT2D eigenvalue weighted by atomic mass is 10.1. The minimum absolute atomic E-state index is 0.142. The van der Waals surface area contributed by atoms with Crippen LogP contribution in [0.25, 0.3) is 11.0 Å². The van der Waals surface area contributed by atoms with Gasteiger partial charge in [0.2, 0.25) is 0 Å². The predicted molar refractivity (Wildman–Crippen MR) is 111 cm³/mol. The van der Waals surface area contributed by atoms with E-state index in [2.05, 4.69) is 15.2 Å². The number of benzene rings is 1. The number of morpholine rings is 1. The molecule has 1 aliphatic heterocycles. The second-order valence-electron chi connectivity index (χ2n) is 7.06. The lowest BCUT2D eigenvalue weighted by Crippen LogP contribution is -2.42. The number of ether oxygens (including phenoxy) is 1. The third-order valence-electron chi connectivity index (χ3n) is 5.09. The third-order valence-corrected chi connectivity index (χ3v) is 5.09. The minimum atomic E-state index is -0.351. The first-order valence-electron chi connectivity index (χ1n) is 9.83. The van der Waals surface area contributed by atoms with Crippen molar-refractivity contribution in [1.29, 1.82) is 0 Å². The van der Waals surface area contributed by atoms with E-state index in [4.69, 9.17) is 4.74 Å². The van der Waals surface area contributed by atoms with Crippen LogP contribution in [0.3, 0.4) is 0 Å². The molecule has 0 atom stereocenters. The fourth-order valence-corrected chi connectivity index (χ4v) is 3.53. The number of hydrogen-bond acceptors (Lipinski definition) is 5. The average Bonchev–Trinajstić information content (AvgIpc) is 2.77. The van der Waals surface area contributed by atoms with Gasteiger partial charge in [-0.25, -0.2) is 4.98 Å². The van der Waals surface area contributed by atoms with Crippen molar-refractivity contribution < 1.29 is 9.53 Å². The summed E-state index contributed by atoms with van der Waals surface area (Å²) in [5, 5.41) is 3.65. The Morgan fingerprint density at radius 3 is 2.69 bits per heavy atom. The van der Waals surface area contributed by atoms with Gasteiger partial charge in [-0.2, -0.15) is 0 Å². The zero-order valence-corrected chi connectivity index (χ0v) is 16.2. The molecule has 29 heavy (non-hydrogen) atoms. The number of pyridine rings is 2. The van der Waals surface area contributed by atoms with Crippen LogP contribution in [0.1, 0.15) is 15.9 Å². The van der Waals surface area contributed by atoms with Gasteiger partial charge >= 0.3 is 0 Å². The molecule has 3 aromatic rings. The van der Waals surface area contributed by atoms with E-state index in [0.717, 1.165) is 43.8 Å². The second kappa shape index (κ2) is 8.98. The molecule has 0 aliphatic carbocycles. The van der Waals surface area contributed by atoms with Crippen LogP contribution < -0.4 is 10.9 Å². The van der Waals surface area contributed by atoms with Gasteiger partial charge in [0, 0.05) is 37.8 Å². The number of nitrogens with one attached hydrogen (secondary N) is 1. The molecule has 1 aliphatic rings. The highest BCUT2D eigenvalue weighted by Crippen LogP contribution is 2.13. The Morgan fingerprint density at radius 2 is 1.90 bits per heavy atom. The van der Waals surface area contributed by atoms with Crippen LogP contribution in [0.4, 0.5) is 0 Å². The van der Waals surface area contributed by atoms with Gasteiger partial charge in [-0.1, -0.05) is 30.3 Å². The van der Waals surface area contributed by atoms with E-state index in [1.165, 1.54) is 0 Å². The summed E-state index contributed by atoms with van der Waals surface area (Å²) in [7, 11) is 0. The Kier molecular flexibility index (Phi) is 5.97. The number of hydrogen-bond donors (Lipinski definition) is 1.